The molecular weight excluding hydrogens is 268 g/mol. The number of nitriles is 1. The van der Waals surface area contributed by atoms with Crippen LogP contribution in [0.25, 0.3) is 0 Å². The van der Waals surface area contributed by atoms with Crippen LogP contribution in [-0.4, -0.2) is 23.4 Å². The fourth-order valence-electron chi connectivity index (χ4n) is 1.11. The van der Waals surface area contributed by atoms with Crippen molar-refractivity contribution in [3.8, 4) is 6.07 Å². The van der Waals surface area contributed by atoms with Crippen molar-refractivity contribution < 1.29 is 4.79 Å². The number of hydrogen-bond acceptors (Lipinski definition) is 2. The van der Waals surface area contributed by atoms with Gasteiger partial charge in [-0.2, -0.15) is 5.26 Å². The highest BCUT2D eigenvalue weighted by Gasteiger charge is 2.27. The normalized spacial score (nSPS) is 10.7. The lowest BCUT2D eigenvalue weighted by Gasteiger charge is -2.29. The lowest BCUT2D eigenvalue weighted by atomic mass is 10.0. The molecule has 4 heteroatoms. The van der Waals surface area contributed by atoms with Crippen molar-refractivity contribution in [1.29, 1.82) is 5.26 Å². The molecule has 0 aliphatic heterocycles. The van der Waals surface area contributed by atoms with Gasteiger partial charge in [0.2, 0.25) is 0 Å². The van der Waals surface area contributed by atoms with E-state index in [1.54, 1.807) is 45.2 Å². The van der Waals surface area contributed by atoms with Crippen LogP contribution in [0.3, 0.4) is 0 Å². The molecule has 3 nitrogen and oxygen atoms in total. The number of amides is 1. The van der Waals surface area contributed by atoms with E-state index >= 15 is 0 Å². The lowest BCUT2D eigenvalue weighted by Crippen LogP contribution is -2.43. The van der Waals surface area contributed by atoms with E-state index in [1.807, 2.05) is 0 Å². The first-order chi connectivity index (χ1) is 7.38. The SMILES string of the molecule is CN(C(=O)c1ccc(Br)cc1)C(C)(C)C#N. The highest BCUT2D eigenvalue weighted by Crippen LogP contribution is 2.16. The first-order valence-electron chi connectivity index (χ1n) is 4.83. The second kappa shape index (κ2) is 4.67. The Bertz CT molecular complexity index is 431. The quantitative estimate of drug-likeness (QED) is 0.836. The van der Waals surface area contributed by atoms with Crippen molar-refractivity contribution in [3.63, 3.8) is 0 Å². The highest BCUT2D eigenvalue weighted by atomic mass is 79.9. The van der Waals surface area contributed by atoms with Gasteiger partial charge in [0, 0.05) is 17.1 Å². The third kappa shape index (κ3) is 2.61. The molecule has 0 atom stereocenters. The van der Waals surface area contributed by atoms with Crippen molar-refractivity contribution in [1.82, 2.24) is 4.90 Å². The van der Waals surface area contributed by atoms with Crippen LogP contribution in [0.4, 0.5) is 0 Å². The maximum absolute atomic E-state index is 12.0. The number of nitrogens with zero attached hydrogens (tertiary/aromatic N) is 2. The van der Waals surface area contributed by atoms with Crippen LogP contribution < -0.4 is 0 Å². The maximum atomic E-state index is 12.0. The number of carbonyl (C=O) groups is 1. The summed E-state index contributed by atoms with van der Waals surface area (Å²) in [5.41, 5.74) is -0.224. The number of benzene rings is 1. The molecule has 0 unspecified atom stereocenters. The van der Waals surface area contributed by atoms with Gasteiger partial charge < -0.3 is 4.90 Å². The minimum Gasteiger partial charge on any atom is -0.324 e. The maximum Gasteiger partial charge on any atom is 0.254 e. The first kappa shape index (κ1) is 12.7. The van der Waals surface area contributed by atoms with Gasteiger partial charge >= 0.3 is 0 Å². The van der Waals surface area contributed by atoms with Gasteiger partial charge in [-0.15, -0.1) is 0 Å². The van der Waals surface area contributed by atoms with Gasteiger partial charge in [-0.05, 0) is 38.1 Å². The summed E-state index contributed by atoms with van der Waals surface area (Å²) in [5.74, 6) is -0.154. The van der Waals surface area contributed by atoms with E-state index < -0.39 is 5.54 Å². The van der Waals surface area contributed by atoms with Crippen LogP contribution in [0.5, 0.6) is 0 Å². The summed E-state index contributed by atoms with van der Waals surface area (Å²) >= 11 is 3.31. The van der Waals surface area contributed by atoms with Gasteiger partial charge in [0.15, 0.2) is 0 Å². The molecular formula is C12H13BrN2O. The zero-order valence-electron chi connectivity index (χ0n) is 9.49. The van der Waals surface area contributed by atoms with E-state index in [9.17, 15) is 4.79 Å². The second-order valence-corrected chi connectivity index (χ2v) is 4.96. The molecule has 0 heterocycles. The zero-order chi connectivity index (χ0) is 12.3. The summed E-state index contributed by atoms with van der Waals surface area (Å²) in [7, 11) is 1.63. The highest BCUT2D eigenvalue weighted by molar-refractivity contribution is 9.10. The van der Waals surface area contributed by atoms with Crippen LogP contribution in [0.2, 0.25) is 0 Å². The van der Waals surface area contributed by atoms with Crippen molar-refractivity contribution in [3.05, 3.63) is 34.3 Å². The number of carbonyl (C=O) groups excluding carboxylic acids is 1. The Balaban J connectivity index is 2.96. The summed E-state index contributed by atoms with van der Waals surface area (Å²) in [6, 6.07) is 9.18. The Hall–Kier alpha value is -1.34. The second-order valence-electron chi connectivity index (χ2n) is 4.04. The molecule has 0 radical (unpaired) electrons. The van der Waals surface area contributed by atoms with Crippen LogP contribution in [0.1, 0.15) is 24.2 Å². The standard InChI is InChI=1S/C12H13BrN2O/c1-12(2,8-14)15(3)11(16)9-4-6-10(13)7-5-9/h4-7H,1-3H3. The first-order valence-corrected chi connectivity index (χ1v) is 5.63. The third-order valence-corrected chi connectivity index (χ3v) is 3.04. The average Bonchev–Trinajstić information content (AvgIpc) is 2.28. The van der Waals surface area contributed by atoms with Crippen molar-refractivity contribution in [2.75, 3.05) is 7.05 Å². The van der Waals surface area contributed by atoms with E-state index in [-0.39, 0.29) is 5.91 Å². The molecule has 1 amide bonds. The smallest absolute Gasteiger partial charge is 0.254 e. The number of hydrogen-bond donors (Lipinski definition) is 0. The largest absolute Gasteiger partial charge is 0.324 e. The summed E-state index contributed by atoms with van der Waals surface area (Å²) < 4.78 is 0.922. The number of rotatable bonds is 2. The Kier molecular flexibility index (Phi) is 3.71. The zero-order valence-corrected chi connectivity index (χ0v) is 11.1. The molecule has 0 saturated heterocycles. The van der Waals surface area contributed by atoms with Crippen molar-refractivity contribution in [2.45, 2.75) is 19.4 Å². The topological polar surface area (TPSA) is 44.1 Å². The Morgan fingerprint density at radius 3 is 2.31 bits per heavy atom. The molecule has 0 fully saturated rings. The molecule has 16 heavy (non-hydrogen) atoms. The molecule has 0 aliphatic carbocycles. The minimum atomic E-state index is -0.801. The van der Waals surface area contributed by atoms with Crippen LogP contribution in [0, 0.1) is 11.3 Å². The van der Waals surface area contributed by atoms with Crippen LogP contribution in [-0.2, 0) is 0 Å². The summed E-state index contributed by atoms with van der Waals surface area (Å²) in [4.78, 5) is 13.5. The van der Waals surface area contributed by atoms with E-state index in [0.29, 0.717) is 5.56 Å². The predicted octanol–water partition coefficient (Wildman–Crippen LogP) is 2.82. The van der Waals surface area contributed by atoms with Crippen LogP contribution >= 0.6 is 15.9 Å². The molecule has 0 aromatic heterocycles. The third-order valence-electron chi connectivity index (χ3n) is 2.51. The molecule has 0 N–H and O–H groups in total. The fraction of sp³-hybridized carbons (Fsp3) is 0.333. The lowest BCUT2D eigenvalue weighted by molar-refractivity contribution is 0.0698. The predicted molar refractivity (Wildman–Crippen MR) is 65.9 cm³/mol. The van der Waals surface area contributed by atoms with E-state index in [2.05, 4.69) is 22.0 Å². The van der Waals surface area contributed by atoms with Gasteiger partial charge in [0.05, 0.1) is 6.07 Å². The van der Waals surface area contributed by atoms with Crippen LogP contribution in [0.15, 0.2) is 28.7 Å². The van der Waals surface area contributed by atoms with Gasteiger partial charge in [-0.25, -0.2) is 0 Å². The minimum absolute atomic E-state index is 0.154. The van der Waals surface area contributed by atoms with Gasteiger partial charge in [-0.1, -0.05) is 15.9 Å². The fourth-order valence-corrected chi connectivity index (χ4v) is 1.38. The monoisotopic (exact) mass is 280 g/mol. The Labute approximate surface area is 104 Å². The Morgan fingerprint density at radius 2 is 1.88 bits per heavy atom. The molecule has 0 aliphatic rings. The van der Waals surface area contributed by atoms with Gasteiger partial charge in [-0.3, -0.25) is 4.79 Å². The average molecular weight is 281 g/mol. The molecule has 0 spiro atoms. The molecule has 84 valence electrons. The molecule has 1 aromatic carbocycles. The Morgan fingerprint density at radius 1 is 1.38 bits per heavy atom. The molecule has 1 aromatic rings. The summed E-state index contributed by atoms with van der Waals surface area (Å²) in [6.07, 6.45) is 0. The molecule has 0 bridgehead atoms. The van der Waals surface area contributed by atoms with Gasteiger partial charge in [0.1, 0.15) is 5.54 Å². The molecule has 0 saturated carbocycles. The molecule has 1 rings (SSSR count). The van der Waals surface area contributed by atoms with E-state index in [0.717, 1.165) is 4.47 Å². The number of halogens is 1. The van der Waals surface area contributed by atoms with Crippen molar-refractivity contribution in [2.24, 2.45) is 0 Å². The van der Waals surface area contributed by atoms with Crippen molar-refractivity contribution >= 4 is 21.8 Å². The summed E-state index contributed by atoms with van der Waals surface area (Å²) in [5, 5.41) is 8.95. The van der Waals surface area contributed by atoms with E-state index in [4.69, 9.17) is 5.26 Å². The van der Waals surface area contributed by atoms with E-state index in [1.165, 1.54) is 4.90 Å². The summed E-state index contributed by atoms with van der Waals surface area (Å²) in [6.45, 7) is 3.42. The van der Waals surface area contributed by atoms with Gasteiger partial charge in [0.25, 0.3) is 5.91 Å².